The standard InChI is InChI=1S/C16H18N2O2/c1-9(2)12-6-8-14(17)18(16(12)20)15-10(3)5-7-13(19)11(15)4/h5-8,19H,1,17H2,2-4H3. The molecule has 0 atom stereocenters. The highest BCUT2D eigenvalue weighted by atomic mass is 16.3. The van der Waals surface area contributed by atoms with Gasteiger partial charge in [-0.05, 0) is 50.1 Å². The highest BCUT2D eigenvalue weighted by Gasteiger charge is 2.15. The van der Waals surface area contributed by atoms with Crippen molar-refractivity contribution >= 4 is 11.4 Å². The minimum absolute atomic E-state index is 0.137. The van der Waals surface area contributed by atoms with Gasteiger partial charge in [-0.1, -0.05) is 12.6 Å². The maximum absolute atomic E-state index is 12.6. The summed E-state index contributed by atoms with van der Waals surface area (Å²) >= 11 is 0. The second-order valence-corrected chi connectivity index (χ2v) is 4.97. The van der Waals surface area contributed by atoms with E-state index in [1.807, 2.05) is 6.92 Å². The number of benzene rings is 1. The van der Waals surface area contributed by atoms with Crippen LogP contribution < -0.4 is 11.3 Å². The molecular weight excluding hydrogens is 252 g/mol. The van der Waals surface area contributed by atoms with Gasteiger partial charge in [-0.2, -0.15) is 0 Å². The Kier molecular flexibility index (Phi) is 3.40. The molecule has 0 aliphatic rings. The Labute approximate surface area is 117 Å². The van der Waals surface area contributed by atoms with Crippen molar-refractivity contribution in [1.29, 1.82) is 0 Å². The lowest BCUT2D eigenvalue weighted by atomic mass is 10.1. The average molecular weight is 270 g/mol. The predicted octanol–water partition coefficient (Wildman–Crippen LogP) is 2.78. The summed E-state index contributed by atoms with van der Waals surface area (Å²) in [5.41, 5.74) is 9.04. The number of hydrogen-bond donors (Lipinski definition) is 2. The van der Waals surface area contributed by atoms with Crippen LogP contribution in [0.15, 0.2) is 35.6 Å². The first-order valence-electron chi connectivity index (χ1n) is 6.31. The number of phenols is 1. The molecule has 0 aliphatic heterocycles. The zero-order chi connectivity index (χ0) is 15.0. The Balaban J connectivity index is 2.90. The molecule has 0 aliphatic carbocycles. The van der Waals surface area contributed by atoms with E-state index in [-0.39, 0.29) is 11.3 Å². The third-order valence-corrected chi connectivity index (χ3v) is 3.40. The molecule has 3 N–H and O–H groups in total. The van der Waals surface area contributed by atoms with Crippen LogP contribution in [0.1, 0.15) is 23.6 Å². The normalized spacial score (nSPS) is 10.6. The molecule has 0 saturated heterocycles. The minimum atomic E-state index is -0.227. The van der Waals surface area contributed by atoms with Crippen molar-refractivity contribution in [1.82, 2.24) is 4.57 Å². The Bertz CT molecular complexity index is 758. The highest BCUT2D eigenvalue weighted by molar-refractivity contribution is 5.64. The van der Waals surface area contributed by atoms with Crippen LogP contribution in [0, 0.1) is 13.8 Å². The van der Waals surface area contributed by atoms with Crippen molar-refractivity contribution in [2.45, 2.75) is 20.8 Å². The van der Waals surface area contributed by atoms with Gasteiger partial charge in [0.25, 0.3) is 5.56 Å². The molecule has 0 spiro atoms. The highest BCUT2D eigenvalue weighted by Crippen LogP contribution is 2.27. The maximum atomic E-state index is 12.6. The summed E-state index contributed by atoms with van der Waals surface area (Å²) in [5, 5.41) is 9.87. The van der Waals surface area contributed by atoms with E-state index in [2.05, 4.69) is 6.58 Å². The summed E-state index contributed by atoms with van der Waals surface area (Å²) < 4.78 is 1.42. The molecule has 4 heteroatoms. The van der Waals surface area contributed by atoms with E-state index < -0.39 is 0 Å². The summed E-state index contributed by atoms with van der Waals surface area (Å²) in [7, 11) is 0. The van der Waals surface area contributed by atoms with Crippen molar-refractivity contribution in [3.63, 3.8) is 0 Å². The number of phenolic OH excluding ortho intramolecular Hbond substituents is 1. The number of allylic oxidation sites excluding steroid dienone is 1. The fourth-order valence-corrected chi connectivity index (χ4v) is 2.28. The SMILES string of the molecule is C=C(C)c1ccc(N)n(-c2c(C)ccc(O)c2C)c1=O. The van der Waals surface area contributed by atoms with Crippen LogP contribution in [0.2, 0.25) is 0 Å². The maximum Gasteiger partial charge on any atom is 0.264 e. The van der Waals surface area contributed by atoms with E-state index in [0.717, 1.165) is 5.56 Å². The van der Waals surface area contributed by atoms with Crippen molar-refractivity contribution in [3.8, 4) is 11.4 Å². The number of aryl methyl sites for hydroxylation is 1. The van der Waals surface area contributed by atoms with Gasteiger partial charge >= 0.3 is 0 Å². The Morgan fingerprint density at radius 1 is 1.25 bits per heavy atom. The Morgan fingerprint density at radius 3 is 2.50 bits per heavy atom. The number of nitrogens with two attached hydrogens (primary N) is 1. The number of pyridine rings is 1. The zero-order valence-electron chi connectivity index (χ0n) is 11.9. The molecule has 2 aromatic rings. The van der Waals surface area contributed by atoms with Gasteiger partial charge in [0.05, 0.1) is 5.69 Å². The monoisotopic (exact) mass is 270 g/mol. The van der Waals surface area contributed by atoms with Gasteiger partial charge in [0.2, 0.25) is 0 Å². The fourth-order valence-electron chi connectivity index (χ4n) is 2.28. The zero-order valence-corrected chi connectivity index (χ0v) is 11.9. The number of nitrogen functional groups attached to an aromatic ring is 1. The molecule has 2 rings (SSSR count). The van der Waals surface area contributed by atoms with Crippen LogP contribution in [-0.4, -0.2) is 9.67 Å². The van der Waals surface area contributed by atoms with E-state index in [0.29, 0.717) is 28.2 Å². The second-order valence-electron chi connectivity index (χ2n) is 4.97. The molecule has 4 nitrogen and oxygen atoms in total. The lowest BCUT2D eigenvalue weighted by molar-refractivity contribution is 0.470. The van der Waals surface area contributed by atoms with Gasteiger partial charge in [0.15, 0.2) is 0 Å². The molecule has 0 unspecified atom stereocenters. The van der Waals surface area contributed by atoms with Crippen molar-refractivity contribution in [2.75, 3.05) is 5.73 Å². The Morgan fingerprint density at radius 2 is 1.90 bits per heavy atom. The second kappa shape index (κ2) is 4.89. The molecule has 0 fully saturated rings. The van der Waals surface area contributed by atoms with Gasteiger partial charge in [-0.25, -0.2) is 0 Å². The van der Waals surface area contributed by atoms with E-state index >= 15 is 0 Å². The molecule has 1 aromatic heterocycles. The summed E-state index contributed by atoms with van der Waals surface area (Å²) in [6.45, 7) is 9.22. The van der Waals surface area contributed by atoms with Crippen LogP contribution in [0.25, 0.3) is 11.3 Å². The molecule has 0 amide bonds. The molecular formula is C16H18N2O2. The number of rotatable bonds is 2. The molecule has 0 saturated carbocycles. The third-order valence-electron chi connectivity index (χ3n) is 3.40. The van der Waals surface area contributed by atoms with Crippen LogP contribution in [0.3, 0.4) is 0 Å². The number of aromatic hydroxyl groups is 1. The molecule has 0 bridgehead atoms. The van der Waals surface area contributed by atoms with E-state index in [4.69, 9.17) is 5.73 Å². The first-order chi connectivity index (χ1) is 9.34. The van der Waals surface area contributed by atoms with Crippen LogP contribution in [0.5, 0.6) is 5.75 Å². The van der Waals surface area contributed by atoms with Crippen molar-refractivity contribution in [3.05, 3.63) is 57.9 Å². The van der Waals surface area contributed by atoms with Crippen LogP contribution >= 0.6 is 0 Å². The number of hydrogen-bond acceptors (Lipinski definition) is 3. The van der Waals surface area contributed by atoms with E-state index in [9.17, 15) is 9.90 Å². The van der Waals surface area contributed by atoms with E-state index in [1.165, 1.54) is 4.57 Å². The summed E-state index contributed by atoms with van der Waals surface area (Å²) in [6, 6.07) is 6.72. The first-order valence-corrected chi connectivity index (χ1v) is 6.31. The number of anilines is 1. The number of aromatic nitrogens is 1. The predicted molar refractivity (Wildman–Crippen MR) is 82.3 cm³/mol. The van der Waals surface area contributed by atoms with Crippen molar-refractivity contribution < 1.29 is 5.11 Å². The first kappa shape index (κ1) is 13.9. The lowest BCUT2D eigenvalue weighted by Gasteiger charge is -2.17. The molecule has 1 aromatic carbocycles. The van der Waals surface area contributed by atoms with Crippen molar-refractivity contribution in [2.24, 2.45) is 0 Å². The summed E-state index contributed by atoms with van der Waals surface area (Å²) in [5.74, 6) is 0.467. The smallest absolute Gasteiger partial charge is 0.264 e. The van der Waals surface area contributed by atoms with Gasteiger partial charge in [-0.3, -0.25) is 9.36 Å². The third kappa shape index (κ3) is 2.09. The van der Waals surface area contributed by atoms with Crippen LogP contribution in [-0.2, 0) is 0 Å². The summed E-state index contributed by atoms with van der Waals surface area (Å²) in [4.78, 5) is 12.6. The molecule has 0 radical (unpaired) electrons. The van der Waals surface area contributed by atoms with Gasteiger partial charge in [0, 0.05) is 11.1 Å². The summed E-state index contributed by atoms with van der Waals surface area (Å²) in [6.07, 6.45) is 0. The minimum Gasteiger partial charge on any atom is -0.508 e. The largest absolute Gasteiger partial charge is 0.508 e. The topological polar surface area (TPSA) is 68.2 Å². The lowest BCUT2D eigenvalue weighted by Crippen LogP contribution is -2.25. The van der Waals surface area contributed by atoms with Gasteiger partial charge in [-0.15, -0.1) is 0 Å². The quantitative estimate of drug-likeness (QED) is 0.881. The average Bonchev–Trinajstić information content (AvgIpc) is 2.37. The van der Waals surface area contributed by atoms with Gasteiger partial charge in [0.1, 0.15) is 11.6 Å². The van der Waals surface area contributed by atoms with E-state index in [1.54, 1.807) is 38.1 Å². The Hall–Kier alpha value is -2.49. The van der Waals surface area contributed by atoms with Gasteiger partial charge < -0.3 is 10.8 Å². The molecule has 104 valence electrons. The van der Waals surface area contributed by atoms with Crippen LogP contribution in [0.4, 0.5) is 5.82 Å². The molecule has 1 heterocycles. The number of nitrogens with zero attached hydrogens (tertiary/aromatic N) is 1. The molecule has 20 heavy (non-hydrogen) atoms. The fraction of sp³-hybridized carbons (Fsp3) is 0.188.